The van der Waals surface area contributed by atoms with Gasteiger partial charge in [0.15, 0.2) is 11.5 Å². The average Bonchev–Trinajstić information content (AvgIpc) is 3.50. The first-order chi connectivity index (χ1) is 14.6. The van der Waals surface area contributed by atoms with Gasteiger partial charge in [-0.25, -0.2) is 0 Å². The first-order valence-electron chi connectivity index (χ1n) is 9.74. The van der Waals surface area contributed by atoms with Crippen molar-refractivity contribution in [2.45, 2.75) is 20.8 Å². The Balaban J connectivity index is 1.56. The van der Waals surface area contributed by atoms with Crippen molar-refractivity contribution in [1.82, 2.24) is 10.3 Å². The Morgan fingerprint density at radius 1 is 1.03 bits per heavy atom. The highest BCUT2D eigenvalue weighted by Crippen LogP contribution is 2.30. The molecule has 0 aliphatic carbocycles. The number of nitrogens with zero attached hydrogens (tertiary/aromatic N) is 3. The third-order valence-electron chi connectivity index (χ3n) is 4.85. The normalized spacial score (nSPS) is 10.9. The summed E-state index contributed by atoms with van der Waals surface area (Å²) in [5.74, 6) is 0.875. The summed E-state index contributed by atoms with van der Waals surface area (Å²) in [6, 6.07) is 12.9. The van der Waals surface area contributed by atoms with Gasteiger partial charge in [-0.15, -0.1) is 0 Å². The van der Waals surface area contributed by atoms with Crippen molar-refractivity contribution >= 4 is 17.3 Å². The monoisotopic (exact) mass is 406 g/mol. The second-order valence-electron chi connectivity index (χ2n) is 6.70. The molecule has 1 amide bonds. The predicted octanol–water partition coefficient (Wildman–Crippen LogP) is 5.00. The van der Waals surface area contributed by atoms with Crippen LogP contribution in [-0.4, -0.2) is 29.3 Å². The summed E-state index contributed by atoms with van der Waals surface area (Å²) in [5.41, 5.74) is 2.92. The van der Waals surface area contributed by atoms with E-state index in [2.05, 4.69) is 34.4 Å². The number of benzene rings is 1. The summed E-state index contributed by atoms with van der Waals surface area (Å²) < 4.78 is 16.0. The van der Waals surface area contributed by atoms with Crippen molar-refractivity contribution in [3.8, 4) is 23.0 Å². The van der Waals surface area contributed by atoms with Gasteiger partial charge < -0.3 is 23.7 Å². The zero-order valence-electron chi connectivity index (χ0n) is 17.0. The first kappa shape index (κ1) is 19.5. The fourth-order valence-electron chi connectivity index (χ4n) is 3.27. The Labute approximate surface area is 173 Å². The molecule has 0 spiro atoms. The van der Waals surface area contributed by atoms with E-state index in [0.29, 0.717) is 34.2 Å². The van der Waals surface area contributed by atoms with Gasteiger partial charge in [0.1, 0.15) is 5.56 Å². The summed E-state index contributed by atoms with van der Waals surface area (Å²) in [7, 11) is 0. The molecule has 0 bridgehead atoms. The molecular formula is C22H22N4O4. The summed E-state index contributed by atoms with van der Waals surface area (Å²) in [6.07, 6.45) is 1.54. The smallest absolute Gasteiger partial charge is 0.261 e. The van der Waals surface area contributed by atoms with Crippen LogP contribution in [0.25, 0.3) is 23.0 Å². The molecule has 0 saturated carbocycles. The maximum atomic E-state index is 13.0. The van der Waals surface area contributed by atoms with Gasteiger partial charge in [0.2, 0.25) is 11.5 Å². The number of carbonyl (C=O) groups is 1. The highest BCUT2D eigenvalue weighted by molar-refractivity contribution is 6.08. The minimum Gasteiger partial charge on any atom is -0.461 e. The van der Waals surface area contributed by atoms with Crippen LogP contribution in [0.4, 0.5) is 11.4 Å². The largest absolute Gasteiger partial charge is 0.461 e. The standard InChI is InChI=1S/C22H22N4O4/c1-4-26(5-2)16-10-8-15(9-11-16)23-22(27)20-14(3)24-30-21(20)17-13-19(29-25-17)18-7-6-12-28-18/h6-13H,4-5H2,1-3H3,(H,23,27). The van der Waals surface area contributed by atoms with Gasteiger partial charge in [-0.3, -0.25) is 4.79 Å². The first-order valence-corrected chi connectivity index (χ1v) is 9.74. The lowest BCUT2D eigenvalue weighted by Crippen LogP contribution is -2.21. The Bertz CT molecular complexity index is 1120. The van der Waals surface area contributed by atoms with E-state index in [-0.39, 0.29) is 11.7 Å². The molecule has 8 nitrogen and oxygen atoms in total. The number of aryl methyl sites for hydroxylation is 1. The summed E-state index contributed by atoms with van der Waals surface area (Å²) in [4.78, 5) is 15.2. The molecule has 0 atom stereocenters. The lowest BCUT2D eigenvalue weighted by atomic mass is 10.1. The van der Waals surface area contributed by atoms with Gasteiger partial charge in [-0.2, -0.15) is 0 Å². The van der Waals surface area contributed by atoms with E-state index in [1.54, 1.807) is 31.4 Å². The van der Waals surface area contributed by atoms with E-state index in [4.69, 9.17) is 13.5 Å². The maximum absolute atomic E-state index is 13.0. The Hall–Kier alpha value is -3.81. The zero-order valence-corrected chi connectivity index (χ0v) is 17.0. The van der Waals surface area contributed by atoms with Gasteiger partial charge in [0.05, 0.1) is 12.0 Å². The van der Waals surface area contributed by atoms with E-state index < -0.39 is 0 Å². The highest BCUT2D eigenvalue weighted by atomic mass is 16.5. The van der Waals surface area contributed by atoms with Gasteiger partial charge >= 0.3 is 0 Å². The SMILES string of the molecule is CCN(CC)c1ccc(NC(=O)c2c(C)noc2-c2cc(-c3ccco3)on2)cc1. The minimum absolute atomic E-state index is 0.242. The van der Waals surface area contributed by atoms with Crippen LogP contribution in [0.15, 0.2) is 62.2 Å². The Kier molecular flexibility index (Phi) is 5.38. The molecule has 4 aromatic rings. The lowest BCUT2D eigenvalue weighted by Gasteiger charge is -2.21. The van der Waals surface area contributed by atoms with Gasteiger partial charge in [-0.1, -0.05) is 10.3 Å². The molecule has 3 heterocycles. The van der Waals surface area contributed by atoms with E-state index in [9.17, 15) is 4.79 Å². The van der Waals surface area contributed by atoms with Crippen molar-refractivity contribution in [3.05, 3.63) is 60.0 Å². The fourth-order valence-corrected chi connectivity index (χ4v) is 3.27. The maximum Gasteiger partial charge on any atom is 0.261 e. The van der Waals surface area contributed by atoms with Crippen LogP contribution in [0.5, 0.6) is 0 Å². The third-order valence-corrected chi connectivity index (χ3v) is 4.85. The third kappa shape index (κ3) is 3.71. The molecular weight excluding hydrogens is 384 g/mol. The van der Waals surface area contributed by atoms with E-state index in [0.717, 1.165) is 18.8 Å². The van der Waals surface area contributed by atoms with Crippen LogP contribution >= 0.6 is 0 Å². The predicted molar refractivity (Wildman–Crippen MR) is 112 cm³/mol. The van der Waals surface area contributed by atoms with Gasteiger partial charge in [0.25, 0.3) is 5.91 Å². The molecule has 0 aliphatic rings. The van der Waals surface area contributed by atoms with E-state index >= 15 is 0 Å². The van der Waals surface area contributed by atoms with Gasteiger partial charge in [0, 0.05) is 30.5 Å². The topological polar surface area (TPSA) is 97.5 Å². The molecule has 3 aromatic heterocycles. The summed E-state index contributed by atoms with van der Waals surface area (Å²) in [6.45, 7) is 7.76. The van der Waals surface area contributed by atoms with Crippen LogP contribution in [0.2, 0.25) is 0 Å². The van der Waals surface area contributed by atoms with Crippen molar-refractivity contribution in [2.75, 3.05) is 23.3 Å². The summed E-state index contributed by atoms with van der Waals surface area (Å²) in [5, 5.41) is 10.8. The number of hydrogen-bond donors (Lipinski definition) is 1. The van der Waals surface area contributed by atoms with Crippen LogP contribution in [0, 0.1) is 6.92 Å². The molecule has 8 heteroatoms. The second kappa shape index (κ2) is 8.28. The zero-order chi connectivity index (χ0) is 21.1. The van der Waals surface area contributed by atoms with Crippen molar-refractivity contribution in [3.63, 3.8) is 0 Å². The fraction of sp³-hybridized carbons (Fsp3) is 0.227. The number of furan rings is 1. The van der Waals surface area contributed by atoms with Crippen LogP contribution in [-0.2, 0) is 0 Å². The molecule has 1 aromatic carbocycles. The van der Waals surface area contributed by atoms with Gasteiger partial charge in [-0.05, 0) is 57.2 Å². The minimum atomic E-state index is -0.332. The molecule has 0 radical (unpaired) electrons. The molecule has 154 valence electrons. The number of nitrogens with one attached hydrogen (secondary N) is 1. The molecule has 0 saturated heterocycles. The number of amides is 1. The molecule has 30 heavy (non-hydrogen) atoms. The lowest BCUT2D eigenvalue weighted by molar-refractivity contribution is 0.102. The molecule has 1 N–H and O–H groups in total. The molecule has 4 rings (SSSR count). The molecule has 0 unspecified atom stereocenters. The van der Waals surface area contributed by atoms with E-state index in [1.165, 1.54) is 0 Å². The number of hydrogen-bond acceptors (Lipinski definition) is 7. The average molecular weight is 406 g/mol. The van der Waals surface area contributed by atoms with Crippen LogP contribution < -0.4 is 10.2 Å². The second-order valence-corrected chi connectivity index (χ2v) is 6.70. The molecule has 0 aliphatic heterocycles. The van der Waals surface area contributed by atoms with E-state index in [1.807, 2.05) is 24.3 Å². The summed E-state index contributed by atoms with van der Waals surface area (Å²) >= 11 is 0. The Morgan fingerprint density at radius 2 is 1.80 bits per heavy atom. The molecule has 0 fully saturated rings. The number of carbonyl (C=O) groups excluding carboxylic acids is 1. The van der Waals surface area contributed by atoms with Crippen LogP contribution in [0.3, 0.4) is 0 Å². The van der Waals surface area contributed by atoms with Crippen molar-refractivity contribution < 1.29 is 18.3 Å². The number of aromatic nitrogens is 2. The van der Waals surface area contributed by atoms with Crippen molar-refractivity contribution in [1.29, 1.82) is 0 Å². The quantitative estimate of drug-likeness (QED) is 0.461. The number of rotatable bonds is 7. The van der Waals surface area contributed by atoms with Crippen molar-refractivity contribution in [2.24, 2.45) is 0 Å². The highest BCUT2D eigenvalue weighted by Gasteiger charge is 2.25. The Morgan fingerprint density at radius 3 is 2.47 bits per heavy atom. The van der Waals surface area contributed by atoms with Crippen LogP contribution in [0.1, 0.15) is 29.9 Å². The number of anilines is 2.